The molecule has 0 bridgehead atoms. The lowest BCUT2D eigenvalue weighted by Gasteiger charge is -2.40. The van der Waals surface area contributed by atoms with Crippen molar-refractivity contribution in [3.63, 3.8) is 0 Å². The van der Waals surface area contributed by atoms with Crippen LogP contribution in [0.15, 0.2) is 0 Å². The summed E-state index contributed by atoms with van der Waals surface area (Å²) >= 11 is 0. The van der Waals surface area contributed by atoms with E-state index in [9.17, 15) is 35.1 Å². The fourth-order valence-electron chi connectivity index (χ4n) is 2.09. The predicted molar refractivity (Wildman–Crippen MR) is 121 cm³/mol. The molecule has 3 unspecified atom stereocenters. The fourth-order valence-corrected chi connectivity index (χ4v) is 3.00. The molecule has 0 rings (SSSR count). The van der Waals surface area contributed by atoms with Gasteiger partial charge < -0.3 is 39.9 Å². The van der Waals surface area contributed by atoms with Crippen LogP contribution in [-0.2, 0) is 18.9 Å². The minimum atomic E-state index is -2.57. The number of aliphatic hydroxyl groups is 5. The SMILES string of the molecule is CC(C)(C)OC(=O)N(N)C(O)[C@H](O)C(O)[C@H](O)C(O)CN(OCC(=O)O)O[Si](C)(C)C(C)(C)C. The number of hydrogen-bond donors (Lipinski definition) is 7. The van der Waals surface area contributed by atoms with Crippen LogP contribution >= 0.6 is 0 Å². The first-order valence-corrected chi connectivity index (χ1v) is 13.5. The number of amides is 1. The highest BCUT2D eigenvalue weighted by molar-refractivity contribution is 6.73. The van der Waals surface area contributed by atoms with Gasteiger partial charge in [0.2, 0.25) is 8.32 Å². The Hall–Kier alpha value is -1.40. The van der Waals surface area contributed by atoms with Crippen molar-refractivity contribution in [2.24, 2.45) is 5.84 Å². The first-order chi connectivity index (χ1) is 15.1. The summed E-state index contributed by atoms with van der Waals surface area (Å²) in [6.07, 6.45) is -11.7. The molecule has 202 valence electrons. The van der Waals surface area contributed by atoms with Crippen molar-refractivity contribution in [1.29, 1.82) is 0 Å². The van der Waals surface area contributed by atoms with Crippen LogP contribution in [0.3, 0.4) is 0 Å². The molecule has 1 amide bonds. The maximum absolute atomic E-state index is 11.9. The molecule has 0 radical (unpaired) electrons. The van der Waals surface area contributed by atoms with Crippen molar-refractivity contribution in [2.75, 3.05) is 13.2 Å². The summed E-state index contributed by atoms with van der Waals surface area (Å²) in [6, 6.07) is 0. The number of carboxylic acids is 1. The smallest absolute Gasteiger partial charge is 0.427 e. The molecule has 0 aliphatic carbocycles. The van der Waals surface area contributed by atoms with Gasteiger partial charge in [-0.15, -0.1) is 0 Å². The molecule has 0 fully saturated rings. The summed E-state index contributed by atoms with van der Waals surface area (Å²) < 4.78 is 10.8. The number of aliphatic carboxylic acids is 1. The third-order valence-electron chi connectivity index (χ3n) is 5.09. The van der Waals surface area contributed by atoms with Gasteiger partial charge in [-0.2, -0.15) is 0 Å². The number of carboxylic acid groups (broad SMARTS) is 1. The lowest BCUT2D eigenvalue weighted by Crippen LogP contribution is -2.59. The molecule has 0 spiro atoms. The molecule has 5 atom stereocenters. The summed E-state index contributed by atoms with van der Waals surface area (Å²) in [4.78, 5) is 27.9. The largest absolute Gasteiger partial charge is 0.479 e. The Labute approximate surface area is 200 Å². The number of hydroxylamine groups is 2. The number of carbonyl (C=O) groups excluding carboxylic acids is 1. The summed E-state index contributed by atoms with van der Waals surface area (Å²) in [5, 5.41) is 60.6. The minimum Gasteiger partial charge on any atom is -0.479 e. The third kappa shape index (κ3) is 10.5. The molecule has 34 heavy (non-hydrogen) atoms. The molecule has 14 nitrogen and oxygen atoms in total. The van der Waals surface area contributed by atoms with E-state index in [1.165, 1.54) is 0 Å². The Bertz CT molecular complexity index is 669. The van der Waals surface area contributed by atoms with Crippen LogP contribution in [0.1, 0.15) is 41.5 Å². The van der Waals surface area contributed by atoms with Crippen molar-refractivity contribution in [3.8, 4) is 0 Å². The highest BCUT2D eigenvalue weighted by Crippen LogP contribution is 2.37. The van der Waals surface area contributed by atoms with Crippen LogP contribution in [0.5, 0.6) is 0 Å². The zero-order valence-electron chi connectivity index (χ0n) is 21.0. The number of carbonyl (C=O) groups is 2. The van der Waals surface area contributed by atoms with Gasteiger partial charge in [0.25, 0.3) is 0 Å². The van der Waals surface area contributed by atoms with Gasteiger partial charge in [-0.05, 0) is 38.9 Å². The van der Waals surface area contributed by atoms with Crippen LogP contribution < -0.4 is 5.84 Å². The fraction of sp³-hybridized carbons (Fsp3) is 0.895. The second kappa shape index (κ2) is 12.5. The lowest BCUT2D eigenvalue weighted by molar-refractivity contribution is -0.335. The van der Waals surface area contributed by atoms with Crippen LogP contribution in [-0.4, -0.2) is 111 Å². The van der Waals surface area contributed by atoms with E-state index >= 15 is 0 Å². The number of hydrogen-bond acceptors (Lipinski definition) is 12. The van der Waals surface area contributed by atoms with E-state index in [1.807, 2.05) is 33.9 Å². The monoisotopic (exact) mass is 515 g/mol. The van der Waals surface area contributed by atoms with E-state index in [4.69, 9.17) is 25.1 Å². The molecule has 15 heteroatoms. The molecular weight excluding hydrogens is 474 g/mol. The standard InChI is InChI=1S/C19H41N3O11Si/c1-18(2,3)32-17(30)22(20)16(29)15(28)14(27)13(26)11(23)9-21(31-10-12(24)25)33-34(7,8)19(4,5)6/h11,13-16,23,26-29H,9-10,20H2,1-8H3,(H,24,25)/t11?,13-,14?,15-,16?/m1/s1. The molecular formula is C19H41N3O11Si. The first-order valence-electron chi connectivity index (χ1n) is 10.6. The second-order valence-electron chi connectivity index (χ2n) is 10.4. The van der Waals surface area contributed by atoms with Crippen molar-refractivity contribution < 1.29 is 54.3 Å². The van der Waals surface area contributed by atoms with E-state index in [2.05, 4.69) is 0 Å². The molecule has 0 aromatic heterocycles. The number of ether oxygens (including phenoxy) is 1. The van der Waals surface area contributed by atoms with Gasteiger partial charge >= 0.3 is 12.1 Å². The molecule has 0 aromatic carbocycles. The Morgan fingerprint density at radius 3 is 1.85 bits per heavy atom. The first kappa shape index (κ1) is 32.6. The van der Waals surface area contributed by atoms with Crippen LogP contribution in [0.2, 0.25) is 18.1 Å². The van der Waals surface area contributed by atoms with Crippen molar-refractivity contribution in [3.05, 3.63) is 0 Å². The van der Waals surface area contributed by atoms with Gasteiger partial charge in [0, 0.05) is 0 Å². The van der Waals surface area contributed by atoms with Gasteiger partial charge in [-0.1, -0.05) is 26.0 Å². The van der Waals surface area contributed by atoms with Gasteiger partial charge in [0.15, 0.2) is 12.8 Å². The zero-order valence-corrected chi connectivity index (χ0v) is 22.0. The van der Waals surface area contributed by atoms with Gasteiger partial charge in [-0.25, -0.2) is 20.4 Å². The molecule has 0 heterocycles. The number of nitrogens with zero attached hydrogens (tertiary/aromatic N) is 2. The minimum absolute atomic E-state index is 0.126. The number of rotatable bonds is 12. The molecule has 0 saturated heterocycles. The molecule has 0 saturated carbocycles. The van der Waals surface area contributed by atoms with Crippen LogP contribution in [0.25, 0.3) is 0 Å². The highest BCUT2D eigenvalue weighted by Gasteiger charge is 2.42. The maximum Gasteiger partial charge on any atom is 0.427 e. The highest BCUT2D eigenvalue weighted by atomic mass is 28.4. The molecule has 0 aliphatic rings. The van der Waals surface area contributed by atoms with Gasteiger partial charge in [0.05, 0.1) is 12.6 Å². The number of hydrazine groups is 1. The van der Waals surface area contributed by atoms with E-state index in [-0.39, 0.29) is 10.0 Å². The average molecular weight is 516 g/mol. The Morgan fingerprint density at radius 1 is 0.941 bits per heavy atom. The van der Waals surface area contributed by atoms with Crippen molar-refractivity contribution in [2.45, 2.75) is 95.9 Å². The van der Waals surface area contributed by atoms with E-state index < -0.39 is 69.8 Å². The predicted octanol–water partition coefficient (Wildman–Crippen LogP) is -0.886. The molecule has 0 aliphatic heterocycles. The van der Waals surface area contributed by atoms with E-state index in [1.54, 1.807) is 20.8 Å². The third-order valence-corrected chi connectivity index (χ3v) is 9.37. The Kier molecular flexibility index (Phi) is 12.0. The van der Waals surface area contributed by atoms with E-state index in [0.717, 1.165) is 0 Å². The summed E-state index contributed by atoms with van der Waals surface area (Å²) in [5.41, 5.74) is -0.961. The second-order valence-corrected chi connectivity index (χ2v) is 15.1. The zero-order chi connectivity index (χ0) is 27.2. The van der Waals surface area contributed by atoms with Gasteiger partial charge in [-0.3, -0.25) is 4.84 Å². The van der Waals surface area contributed by atoms with E-state index in [0.29, 0.717) is 5.23 Å². The lowest BCUT2D eigenvalue weighted by atomic mass is 10.0. The van der Waals surface area contributed by atoms with Gasteiger partial charge in [0.1, 0.15) is 23.9 Å². The summed E-state index contributed by atoms with van der Waals surface area (Å²) in [5.74, 6) is 4.12. The topological polar surface area (TPSA) is 216 Å². The van der Waals surface area contributed by atoms with Crippen LogP contribution in [0, 0.1) is 0 Å². The quantitative estimate of drug-likeness (QED) is 0.0553. The van der Waals surface area contributed by atoms with Crippen molar-refractivity contribution in [1.82, 2.24) is 10.2 Å². The normalized spacial score (nSPS) is 17.6. The Morgan fingerprint density at radius 2 is 1.44 bits per heavy atom. The average Bonchev–Trinajstić information content (AvgIpc) is 2.66. The summed E-state index contributed by atoms with van der Waals surface area (Å²) in [7, 11) is -2.57. The summed E-state index contributed by atoms with van der Waals surface area (Å²) in [6.45, 7) is 12.6. The molecule has 8 N–H and O–H groups in total. The maximum atomic E-state index is 11.9. The number of aliphatic hydroxyl groups excluding tert-OH is 5. The van der Waals surface area contributed by atoms with Crippen LogP contribution in [0.4, 0.5) is 4.79 Å². The van der Waals surface area contributed by atoms with Crippen molar-refractivity contribution >= 4 is 20.4 Å². The Balaban J connectivity index is 5.35. The molecule has 0 aromatic rings. The number of nitrogens with two attached hydrogens (primary N) is 1.